The molecule has 0 radical (unpaired) electrons. The van der Waals surface area contributed by atoms with Crippen LogP contribution < -0.4 is 11.1 Å². The van der Waals surface area contributed by atoms with E-state index in [0.717, 1.165) is 19.3 Å². The van der Waals surface area contributed by atoms with Gasteiger partial charge in [0.15, 0.2) is 10.8 Å². The van der Waals surface area contributed by atoms with Crippen molar-refractivity contribution < 1.29 is 14.4 Å². The highest BCUT2D eigenvalue weighted by Crippen LogP contribution is 2.15. The second-order valence-corrected chi connectivity index (χ2v) is 4.50. The summed E-state index contributed by atoms with van der Waals surface area (Å²) >= 11 is 1.17. The van der Waals surface area contributed by atoms with Gasteiger partial charge in [0.2, 0.25) is 6.41 Å². The number of unbranched alkanes of at least 4 members (excludes halogenated alkanes) is 2. The Morgan fingerprint density at radius 2 is 2.42 bits per heavy atom. The van der Waals surface area contributed by atoms with Gasteiger partial charge in [-0.05, 0) is 6.42 Å². The quantitative estimate of drug-likeness (QED) is 0.306. The summed E-state index contributed by atoms with van der Waals surface area (Å²) in [7, 11) is 0. The van der Waals surface area contributed by atoms with Gasteiger partial charge in [-0.15, -0.1) is 11.3 Å². The van der Waals surface area contributed by atoms with Gasteiger partial charge in [-0.1, -0.05) is 24.9 Å². The molecule has 1 aromatic rings. The highest BCUT2D eigenvalue weighted by atomic mass is 32.1. The Labute approximate surface area is 114 Å². The number of oxime groups is 1. The van der Waals surface area contributed by atoms with Crippen LogP contribution in [0.3, 0.4) is 0 Å². The third-order valence-corrected chi connectivity index (χ3v) is 2.93. The molecule has 1 heterocycles. The number of amides is 2. The Bertz CT molecular complexity index is 459. The fourth-order valence-electron chi connectivity index (χ4n) is 1.24. The molecule has 1 aromatic heterocycles. The summed E-state index contributed by atoms with van der Waals surface area (Å²) in [6.45, 7) is 2.50. The van der Waals surface area contributed by atoms with Gasteiger partial charge in [-0.2, -0.15) is 0 Å². The molecule has 7 nitrogen and oxygen atoms in total. The zero-order chi connectivity index (χ0) is 14.1. The molecule has 0 spiro atoms. The maximum absolute atomic E-state index is 11.3. The number of carbonyl (C=O) groups is 2. The van der Waals surface area contributed by atoms with Crippen LogP contribution in [0.2, 0.25) is 0 Å². The maximum atomic E-state index is 11.3. The van der Waals surface area contributed by atoms with E-state index >= 15 is 0 Å². The summed E-state index contributed by atoms with van der Waals surface area (Å²) in [5.74, 6) is -0.724. The predicted molar refractivity (Wildman–Crippen MR) is 73.0 cm³/mol. The molecule has 0 saturated carbocycles. The Hall–Kier alpha value is -1.96. The van der Waals surface area contributed by atoms with E-state index < -0.39 is 5.91 Å². The van der Waals surface area contributed by atoms with Crippen molar-refractivity contribution in [3.63, 3.8) is 0 Å². The largest absolute Gasteiger partial charge is 0.395 e. The van der Waals surface area contributed by atoms with E-state index in [2.05, 4.69) is 22.4 Å². The molecule has 0 atom stereocenters. The van der Waals surface area contributed by atoms with Crippen LogP contribution in [0.1, 0.15) is 31.9 Å². The van der Waals surface area contributed by atoms with Crippen LogP contribution >= 0.6 is 11.3 Å². The van der Waals surface area contributed by atoms with Gasteiger partial charge >= 0.3 is 0 Å². The standard InChI is InChI=1S/C11H16N4O3S/c1-2-3-4-5-18-15-9(10(12)17)8-6-19-11(14-8)13-7-16/h6-7H,2-5H2,1H3,(H2,12,17)(H,13,14,16). The SMILES string of the molecule is CCCCCON=C(C(N)=O)c1csc(NC=O)n1. The molecule has 19 heavy (non-hydrogen) atoms. The molecule has 0 aliphatic heterocycles. The van der Waals surface area contributed by atoms with Crippen molar-refractivity contribution in [2.24, 2.45) is 10.9 Å². The molecule has 0 aliphatic carbocycles. The Morgan fingerprint density at radius 3 is 3.05 bits per heavy atom. The third-order valence-electron chi connectivity index (χ3n) is 2.16. The zero-order valence-electron chi connectivity index (χ0n) is 10.6. The van der Waals surface area contributed by atoms with E-state index in [1.165, 1.54) is 11.3 Å². The lowest BCUT2D eigenvalue weighted by Crippen LogP contribution is -2.25. The number of anilines is 1. The Kier molecular flexibility index (Phi) is 6.51. The summed E-state index contributed by atoms with van der Waals surface area (Å²) in [6.07, 6.45) is 3.47. The molecule has 0 fully saturated rings. The molecule has 3 N–H and O–H groups in total. The third kappa shape index (κ3) is 5.04. The van der Waals surface area contributed by atoms with Crippen LogP contribution in [0, 0.1) is 0 Å². The van der Waals surface area contributed by atoms with Gasteiger partial charge < -0.3 is 15.9 Å². The molecule has 0 aliphatic rings. The number of aromatic nitrogens is 1. The van der Waals surface area contributed by atoms with E-state index in [1.807, 2.05) is 0 Å². The number of thiazole rings is 1. The lowest BCUT2D eigenvalue weighted by Gasteiger charge is -2.00. The monoisotopic (exact) mass is 284 g/mol. The van der Waals surface area contributed by atoms with Crippen molar-refractivity contribution in [1.29, 1.82) is 0 Å². The molecule has 0 unspecified atom stereocenters. The van der Waals surface area contributed by atoms with Crippen LogP contribution in [0.5, 0.6) is 0 Å². The van der Waals surface area contributed by atoms with Crippen LogP contribution in [0.4, 0.5) is 5.13 Å². The highest BCUT2D eigenvalue weighted by molar-refractivity contribution is 7.14. The van der Waals surface area contributed by atoms with Crippen LogP contribution in [-0.4, -0.2) is 29.6 Å². The normalized spacial score (nSPS) is 11.1. The van der Waals surface area contributed by atoms with Crippen LogP contribution in [0.25, 0.3) is 0 Å². The van der Waals surface area contributed by atoms with Crippen molar-refractivity contribution in [3.05, 3.63) is 11.1 Å². The Balaban J connectivity index is 2.67. The molecular formula is C11H16N4O3S. The fourth-order valence-corrected chi connectivity index (χ4v) is 1.90. The lowest BCUT2D eigenvalue weighted by atomic mass is 10.3. The number of nitrogens with zero attached hydrogens (tertiary/aromatic N) is 2. The van der Waals surface area contributed by atoms with E-state index in [-0.39, 0.29) is 11.4 Å². The van der Waals surface area contributed by atoms with Crippen molar-refractivity contribution in [2.75, 3.05) is 11.9 Å². The molecule has 1 rings (SSSR count). The molecule has 2 amide bonds. The summed E-state index contributed by atoms with van der Waals surface area (Å²) < 4.78 is 0. The number of nitrogens with one attached hydrogen (secondary N) is 1. The number of primary amides is 1. The first kappa shape index (κ1) is 15.1. The number of rotatable bonds is 9. The summed E-state index contributed by atoms with van der Waals surface area (Å²) in [5.41, 5.74) is 5.46. The Morgan fingerprint density at radius 1 is 1.63 bits per heavy atom. The number of carbonyl (C=O) groups excluding carboxylic acids is 2. The smallest absolute Gasteiger partial charge is 0.273 e. The predicted octanol–water partition coefficient (Wildman–Crippen LogP) is 1.11. The summed E-state index contributed by atoms with van der Waals surface area (Å²) in [4.78, 5) is 30.6. The van der Waals surface area contributed by atoms with Crippen LogP contribution in [-0.2, 0) is 14.4 Å². The molecule has 104 valence electrons. The van der Waals surface area contributed by atoms with Gasteiger partial charge in [0.1, 0.15) is 12.3 Å². The van der Waals surface area contributed by atoms with Crippen molar-refractivity contribution in [3.8, 4) is 0 Å². The number of hydrogen-bond donors (Lipinski definition) is 2. The minimum Gasteiger partial charge on any atom is -0.395 e. The van der Waals surface area contributed by atoms with Crippen molar-refractivity contribution in [2.45, 2.75) is 26.2 Å². The van der Waals surface area contributed by atoms with E-state index in [9.17, 15) is 9.59 Å². The topological polar surface area (TPSA) is 107 Å². The lowest BCUT2D eigenvalue weighted by molar-refractivity contribution is -0.112. The first-order valence-corrected chi connectivity index (χ1v) is 6.72. The molecule has 0 aromatic carbocycles. The van der Waals surface area contributed by atoms with E-state index in [1.54, 1.807) is 5.38 Å². The second-order valence-electron chi connectivity index (χ2n) is 3.64. The first-order chi connectivity index (χ1) is 9.19. The van der Waals surface area contributed by atoms with Crippen molar-refractivity contribution >= 4 is 34.5 Å². The van der Waals surface area contributed by atoms with Gasteiger partial charge in [0.25, 0.3) is 5.91 Å². The molecular weight excluding hydrogens is 268 g/mol. The van der Waals surface area contributed by atoms with E-state index in [4.69, 9.17) is 10.6 Å². The van der Waals surface area contributed by atoms with Crippen LogP contribution in [0.15, 0.2) is 10.5 Å². The molecule has 8 heteroatoms. The van der Waals surface area contributed by atoms with E-state index in [0.29, 0.717) is 18.1 Å². The van der Waals surface area contributed by atoms with Crippen molar-refractivity contribution in [1.82, 2.24) is 4.98 Å². The molecule has 0 bridgehead atoms. The van der Waals surface area contributed by atoms with Gasteiger partial charge in [-0.25, -0.2) is 4.98 Å². The molecule has 0 saturated heterocycles. The summed E-state index contributed by atoms with van der Waals surface area (Å²) in [6, 6.07) is 0. The summed E-state index contributed by atoms with van der Waals surface area (Å²) in [5, 5.41) is 8.03. The maximum Gasteiger partial charge on any atom is 0.273 e. The first-order valence-electron chi connectivity index (χ1n) is 5.84. The highest BCUT2D eigenvalue weighted by Gasteiger charge is 2.15. The van der Waals surface area contributed by atoms with Gasteiger partial charge in [0, 0.05) is 5.38 Å². The minimum absolute atomic E-state index is 0.0494. The number of nitrogens with two attached hydrogens (primary N) is 1. The average molecular weight is 284 g/mol. The van der Waals surface area contributed by atoms with Gasteiger partial charge in [-0.3, -0.25) is 9.59 Å². The number of hydrogen-bond acceptors (Lipinski definition) is 6. The zero-order valence-corrected chi connectivity index (χ0v) is 11.4. The fraction of sp³-hybridized carbons (Fsp3) is 0.455. The second kappa shape index (κ2) is 8.20. The minimum atomic E-state index is -0.724. The average Bonchev–Trinajstić information content (AvgIpc) is 2.82. The van der Waals surface area contributed by atoms with Gasteiger partial charge in [0.05, 0.1) is 0 Å².